The average molecular weight is 1730 g/mol. The van der Waals surface area contributed by atoms with Crippen molar-refractivity contribution in [2.45, 2.75) is 269 Å². The first-order valence-electron chi connectivity index (χ1n) is 46.8. The number of aliphatic hydroxyl groups excluding tert-OH is 4. The average Bonchev–Trinajstić information content (AvgIpc) is 1.70. The molecule has 25 heteroatoms. The molecule has 1 saturated carbocycles. The summed E-state index contributed by atoms with van der Waals surface area (Å²) in [6.45, 7) is 43.2. The molecule has 6 atom stereocenters. The van der Waals surface area contributed by atoms with Crippen molar-refractivity contribution in [1.82, 2.24) is 59.3 Å². The van der Waals surface area contributed by atoms with Crippen molar-refractivity contribution in [3.8, 4) is 6.07 Å². The molecule has 25 nitrogen and oxygen atoms in total. The smallest absolute Gasteiger partial charge is 0.0948 e. The van der Waals surface area contributed by atoms with E-state index in [0.717, 1.165) is 206 Å². The number of likely N-dealkylation sites (tertiary alicyclic amines) is 2. The Morgan fingerprint density at radius 2 is 0.744 bits per heavy atom. The number of ether oxygens (including phenoxy) is 6. The second kappa shape index (κ2) is 49.9. The van der Waals surface area contributed by atoms with E-state index in [9.17, 15) is 25.7 Å². The maximum atomic E-state index is 9.94. The van der Waals surface area contributed by atoms with Gasteiger partial charge < -0.3 is 78.2 Å². The molecule has 7 aliphatic heterocycles. The Kier molecular flexibility index (Phi) is 40.8. The largest absolute Gasteiger partial charge is 0.395 e. The summed E-state index contributed by atoms with van der Waals surface area (Å²) < 4.78 is 33.1. The van der Waals surface area contributed by atoms with Gasteiger partial charge in [-0.3, -0.25) is 39.7 Å². The van der Waals surface area contributed by atoms with Gasteiger partial charge in [0.1, 0.15) is 0 Å². The van der Waals surface area contributed by atoms with Crippen molar-refractivity contribution in [1.29, 1.82) is 5.26 Å². The van der Waals surface area contributed by atoms with E-state index in [1.165, 1.54) is 52.3 Å². The van der Waals surface area contributed by atoms with Gasteiger partial charge in [-0.1, -0.05) is 107 Å². The number of hydrogen-bond donors (Lipinski definition) is 4. The Balaban J connectivity index is 0.000000170. The molecule has 1 unspecified atom stereocenters. The van der Waals surface area contributed by atoms with Crippen LogP contribution in [0.25, 0.3) is 0 Å². The van der Waals surface area contributed by atoms with Gasteiger partial charge in [-0.15, -0.1) is 0 Å². The van der Waals surface area contributed by atoms with Gasteiger partial charge in [-0.25, -0.2) is 0 Å². The maximum absolute atomic E-state index is 9.94. The van der Waals surface area contributed by atoms with Crippen molar-refractivity contribution >= 4 is 11.4 Å². The van der Waals surface area contributed by atoms with Crippen molar-refractivity contribution in [2.24, 2.45) is 0 Å². The first-order valence-corrected chi connectivity index (χ1v) is 46.8. The summed E-state index contributed by atoms with van der Waals surface area (Å²) in [5.74, 6) is 3.55. The summed E-state index contributed by atoms with van der Waals surface area (Å²) in [7, 11) is 18.2. The van der Waals surface area contributed by atoms with Gasteiger partial charge in [0.05, 0.1) is 128 Å². The number of nitrogens with zero attached hydrogens (tertiary/aromatic N) is 15. The van der Waals surface area contributed by atoms with Gasteiger partial charge in [0.15, 0.2) is 0 Å². The monoisotopic (exact) mass is 1730 g/mol. The molecule has 13 heterocycles. The number of methoxy groups -OCH3 is 1. The number of nitriles is 1. The predicted molar refractivity (Wildman–Crippen MR) is 500 cm³/mol. The quantitative estimate of drug-likeness (QED) is 0.0373. The van der Waals surface area contributed by atoms with Crippen LogP contribution in [0.4, 0.5) is 11.4 Å². The van der Waals surface area contributed by atoms with Crippen LogP contribution in [-0.4, -0.2) is 286 Å². The van der Waals surface area contributed by atoms with E-state index < -0.39 is 17.6 Å². The normalized spacial score (nSPS) is 21.5. The number of pyridine rings is 6. The molecule has 694 valence electrons. The third-order valence-corrected chi connectivity index (χ3v) is 25.1. The zero-order valence-corrected chi connectivity index (χ0v) is 80.3. The zero-order chi connectivity index (χ0) is 90.7. The van der Waals surface area contributed by atoms with Gasteiger partial charge >= 0.3 is 0 Å². The molecule has 0 aromatic carbocycles. The van der Waals surface area contributed by atoms with Gasteiger partial charge in [-0.05, 0) is 234 Å². The first kappa shape index (κ1) is 102. The van der Waals surface area contributed by atoms with E-state index in [0.29, 0.717) is 112 Å². The minimum atomic E-state index is -0.440. The second-order valence-corrected chi connectivity index (χ2v) is 38.7. The summed E-state index contributed by atoms with van der Waals surface area (Å²) in [4.78, 5) is 47.0. The minimum Gasteiger partial charge on any atom is -0.395 e. The van der Waals surface area contributed by atoms with E-state index in [-0.39, 0.29) is 18.8 Å². The summed E-state index contributed by atoms with van der Waals surface area (Å²) >= 11 is 0. The Morgan fingerprint density at radius 3 is 1.08 bits per heavy atom. The van der Waals surface area contributed by atoms with E-state index in [2.05, 4.69) is 215 Å². The molecule has 7 saturated heterocycles. The van der Waals surface area contributed by atoms with Gasteiger partial charge in [0.2, 0.25) is 0 Å². The Morgan fingerprint density at radius 1 is 0.408 bits per heavy atom. The van der Waals surface area contributed by atoms with Crippen LogP contribution in [0.5, 0.6) is 0 Å². The number of anilines is 2. The highest BCUT2D eigenvalue weighted by molar-refractivity contribution is 5.53. The Labute approximate surface area is 751 Å². The third-order valence-electron chi connectivity index (χ3n) is 25.1. The standard InChI is InChI=1S/2C18H28N2O2.C17H25N3O.2C16H27N3O2.C15H24N2O/c2*1-13(2)17-6-5-16(14-7-9-22-12-14)18(19-17)10-20-8-3-4-15(20)11-21;1-13(2)15-6-5-14(16(19-15)11-20(3)4)17(12-18)7-9-21-10-8-17;2*1-12(2)14-5-6-16(15(17-14)10-18(3)4)19-7-8-21-11-13(20)9-19;1-11(2)13-7-6-12(15(18-5)8-9-15)14(16-13)10-17(3)4/h2*5-6,13-15,21H,3-4,7-12H2,1-2H3;5-6,13H,7-11H2,1-4H3;2*5-6,12-13,20H,7-11H2,1-4H3;6-7,11H,8-10H2,1-5H3/t14-,15+;14-,15-;;13-;;/m01.0../s1. The lowest BCUT2D eigenvalue weighted by molar-refractivity contribution is 0.0597. The molecule has 8 fully saturated rings. The Hall–Kier alpha value is -6.65. The van der Waals surface area contributed by atoms with Crippen molar-refractivity contribution in [3.63, 3.8) is 0 Å². The number of aromatic nitrogens is 6. The molecule has 1 aliphatic carbocycles. The molecule has 6 aromatic heterocycles. The van der Waals surface area contributed by atoms with Crippen molar-refractivity contribution in [2.75, 3.05) is 192 Å². The lowest BCUT2D eigenvalue weighted by Crippen LogP contribution is -2.34. The highest BCUT2D eigenvalue weighted by atomic mass is 16.5. The van der Waals surface area contributed by atoms with Crippen LogP contribution in [0, 0.1) is 11.3 Å². The van der Waals surface area contributed by atoms with E-state index in [4.69, 9.17) is 58.3 Å². The van der Waals surface area contributed by atoms with Crippen LogP contribution >= 0.6 is 0 Å². The summed E-state index contributed by atoms with van der Waals surface area (Å²) in [6.07, 6.45) is 9.61. The number of β-amino-alcohol motifs (C(OH)–C–C–N with tert-alkyl or cyclic N) is 2. The number of aliphatic hydroxyl groups is 4. The highest BCUT2D eigenvalue weighted by Crippen LogP contribution is 2.50. The summed E-state index contributed by atoms with van der Waals surface area (Å²) in [6, 6.07) is 29.1. The minimum absolute atomic E-state index is 0.0478. The molecule has 125 heavy (non-hydrogen) atoms. The van der Waals surface area contributed by atoms with Crippen LogP contribution in [0.2, 0.25) is 0 Å². The molecule has 4 N–H and O–H groups in total. The molecule has 0 bridgehead atoms. The fourth-order valence-corrected chi connectivity index (χ4v) is 17.6. The predicted octanol–water partition coefficient (Wildman–Crippen LogP) is 14.0. The van der Waals surface area contributed by atoms with Crippen LogP contribution in [0.3, 0.4) is 0 Å². The fraction of sp³-hybridized carbons (Fsp3) is 0.690. The topological polar surface area (TPSA) is 263 Å². The van der Waals surface area contributed by atoms with Crippen LogP contribution in [0.1, 0.15) is 285 Å². The lowest BCUT2D eigenvalue weighted by atomic mass is 9.74. The molecule has 8 aliphatic rings. The van der Waals surface area contributed by atoms with E-state index in [1.54, 1.807) is 0 Å². The summed E-state index contributed by atoms with van der Waals surface area (Å²) in [5.41, 5.74) is 20.4. The SMILES string of the molecule is CC(C)c1ccc(C2(C#N)CCOCC2)c(CN(C)C)n1.CC(C)c1ccc(N2CCOCC(O)C2)c(CN(C)C)n1.CC(C)c1ccc(N2CCOC[C@@H](O)C2)c(CN(C)C)n1.CC(C)c1ccc([C@@H]2CCOC2)c(CN2CCC[C@@H]2CO)n1.CC(C)c1ccc([C@H]2CCOC2)c(CN2CCC[C@@H]2CO)n1.COC1(c2ccc(C(C)C)nc2CN(C)C)CC1. The lowest BCUT2D eigenvalue weighted by Gasteiger charge is -2.33. The van der Waals surface area contributed by atoms with Crippen molar-refractivity contribution in [3.05, 3.63) is 163 Å². The first-order chi connectivity index (χ1) is 59.8. The molecule has 0 amide bonds. The fourth-order valence-electron chi connectivity index (χ4n) is 17.6. The van der Waals surface area contributed by atoms with Gasteiger partial charge in [0.25, 0.3) is 0 Å². The van der Waals surface area contributed by atoms with Crippen LogP contribution < -0.4 is 9.80 Å². The zero-order valence-electron chi connectivity index (χ0n) is 80.3. The van der Waals surface area contributed by atoms with Crippen molar-refractivity contribution < 1.29 is 48.8 Å². The number of hydrogen-bond acceptors (Lipinski definition) is 25. The third kappa shape index (κ3) is 29.9. The molecule has 14 rings (SSSR count). The highest BCUT2D eigenvalue weighted by Gasteiger charge is 2.47. The Bertz CT molecular complexity index is 4070. The molecule has 6 aromatic rings. The van der Waals surface area contributed by atoms with Gasteiger partial charge in [-0.2, -0.15) is 5.26 Å². The maximum Gasteiger partial charge on any atom is 0.0948 e. The van der Waals surface area contributed by atoms with E-state index in [1.807, 2.05) is 49.4 Å². The molecular weight excluding hydrogens is 1570 g/mol. The van der Waals surface area contributed by atoms with Crippen LogP contribution in [-0.2, 0) is 78.7 Å². The molecular formula is C100H159N15O10. The van der Waals surface area contributed by atoms with E-state index >= 15 is 0 Å². The van der Waals surface area contributed by atoms with Gasteiger partial charge in [0, 0.05) is 163 Å². The molecule has 0 spiro atoms. The summed E-state index contributed by atoms with van der Waals surface area (Å²) in [5, 5.41) is 48.8. The second-order valence-electron chi connectivity index (χ2n) is 38.7. The van der Waals surface area contributed by atoms with Crippen LogP contribution in [0.15, 0.2) is 72.8 Å². The number of rotatable bonds is 27. The molecule has 0 radical (unpaired) electrons.